The third kappa shape index (κ3) is 42.1. The van der Waals surface area contributed by atoms with Crippen molar-refractivity contribution in [2.75, 3.05) is 19.8 Å². The molecule has 0 bridgehead atoms. The van der Waals surface area contributed by atoms with Gasteiger partial charge in [0.05, 0.1) is 6.61 Å². The topological polar surface area (TPSA) is 61.8 Å². The van der Waals surface area contributed by atoms with Crippen LogP contribution >= 0.6 is 0 Å². The first-order valence-electron chi connectivity index (χ1n) is 22.5. The Balaban J connectivity index is 4.22. The molecule has 5 nitrogen and oxygen atoms in total. The monoisotopic (exact) mass is 753 g/mol. The molecule has 0 aromatic heterocycles. The molecule has 0 N–H and O–H groups in total. The van der Waals surface area contributed by atoms with Gasteiger partial charge in [-0.3, -0.25) is 9.59 Å². The Labute approximate surface area is 334 Å². The molecule has 0 fully saturated rings. The predicted molar refractivity (Wildman–Crippen MR) is 233 cm³/mol. The summed E-state index contributed by atoms with van der Waals surface area (Å²) in [6.45, 7) is 7.55. The molecule has 54 heavy (non-hydrogen) atoms. The van der Waals surface area contributed by atoms with Crippen LogP contribution < -0.4 is 0 Å². The van der Waals surface area contributed by atoms with Gasteiger partial charge in [0.1, 0.15) is 6.61 Å². The maximum Gasteiger partial charge on any atom is 0.306 e. The summed E-state index contributed by atoms with van der Waals surface area (Å²) < 4.78 is 17.2. The van der Waals surface area contributed by atoms with Gasteiger partial charge in [0.25, 0.3) is 0 Å². The predicted octanol–water partition coefficient (Wildman–Crippen LogP) is 14.8. The highest BCUT2D eigenvalue weighted by Gasteiger charge is 2.17. The largest absolute Gasteiger partial charge is 0.462 e. The molecule has 0 heterocycles. The first-order valence-corrected chi connectivity index (χ1v) is 22.5. The Kier molecular flexibility index (Phi) is 42.5. The van der Waals surface area contributed by atoms with Crippen LogP contribution in [0.15, 0.2) is 72.9 Å². The number of rotatable bonds is 40. The Morgan fingerprint density at radius 1 is 0.426 bits per heavy atom. The van der Waals surface area contributed by atoms with Crippen molar-refractivity contribution >= 4 is 11.9 Å². The second-order valence-electron chi connectivity index (χ2n) is 14.6. The number of ether oxygens (including phenoxy) is 3. The molecule has 0 rings (SSSR count). The third-order valence-corrected chi connectivity index (χ3v) is 9.21. The molecule has 1 unspecified atom stereocenters. The van der Waals surface area contributed by atoms with E-state index in [0.29, 0.717) is 19.4 Å². The summed E-state index contributed by atoms with van der Waals surface area (Å²) in [5.74, 6) is -0.434. The fraction of sp³-hybridized carbons (Fsp3) is 0.714. The van der Waals surface area contributed by atoms with Gasteiger partial charge in [0, 0.05) is 19.4 Å². The smallest absolute Gasteiger partial charge is 0.306 e. The zero-order chi connectivity index (χ0) is 39.3. The number of esters is 2. The lowest BCUT2D eigenvalue weighted by Crippen LogP contribution is -2.30. The Morgan fingerprint density at radius 3 is 1.41 bits per heavy atom. The maximum atomic E-state index is 12.6. The average Bonchev–Trinajstić information content (AvgIpc) is 3.17. The molecule has 310 valence electrons. The van der Waals surface area contributed by atoms with E-state index in [1.165, 1.54) is 70.6 Å². The second-order valence-corrected chi connectivity index (χ2v) is 14.6. The van der Waals surface area contributed by atoms with Crippen molar-refractivity contribution in [2.45, 2.75) is 207 Å². The van der Waals surface area contributed by atoms with Crippen molar-refractivity contribution < 1.29 is 23.8 Å². The van der Waals surface area contributed by atoms with Gasteiger partial charge >= 0.3 is 11.9 Å². The van der Waals surface area contributed by atoms with Gasteiger partial charge in [-0.25, -0.2) is 0 Å². The Morgan fingerprint density at radius 2 is 0.870 bits per heavy atom. The van der Waals surface area contributed by atoms with Crippen LogP contribution in [0.3, 0.4) is 0 Å². The fourth-order valence-corrected chi connectivity index (χ4v) is 5.89. The summed E-state index contributed by atoms with van der Waals surface area (Å²) in [6, 6.07) is 0. The Bertz CT molecular complexity index is 988. The highest BCUT2D eigenvalue weighted by molar-refractivity contribution is 5.70. The normalized spacial score (nSPS) is 12.9. The summed E-state index contributed by atoms with van der Waals surface area (Å²) in [5, 5.41) is 0. The van der Waals surface area contributed by atoms with Crippen LogP contribution in [0, 0.1) is 0 Å². The minimum atomic E-state index is -0.549. The molecule has 0 aromatic rings. The van der Waals surface area contributed by atoms with Crippen LogP contribution in [0.2, 0.25) is 0 Å². The highest BCUT2D eigenvalue weighted by atomic mass is 16.6. The lowest BCUT2D eigenvalue weighted by molar-refractivity contribution is -0.163. The van der Waals surface area contributed by atoms with Gasteiger partial charge < -0.3 is 14.2 Å². The molecule has 0 aliphatic heterocycles. The molecule has 0 radical (unpaired) electrons. The highest BCUT2D eigenvalue weighted by Crippen LogP contribution is 2.12. The average molecular weight is 753 g/mol. The molecule has 0 amide bonds. The van der Waals surface area contributed by atoms with E-state index >= 15 is 0 Å². The van der Waals surface area contributed by atoms with Crippen LogP contribution in [-0.4, -0.2) is 37.9 Å². The zero-order valence-corrected chi connectivity index (χ0v) is 35.5. The van der Waals surface area contributed by atoms with Crippen molar-refractivity contribution in [3.05, 3.63) is 72.9 Å². The molecular formula is C49H84O5. The lowest BCUT2D eigenvalue weighted by Gasteiger charge is -2.18. The first-order chi connectivity index (χ1) is 26.6. The lowest BCUT2D eigenvalue weighted by atomic mass is 10.1. The van der Waals surface area contributed by atoms with Crippen molar-refractivity contribution in [1.29, 1.82) is 0 Å². The minimum absolute atomic E-state index is 0.0683. The number of hydrogen-bond acceptors (Lipinski definition) is 5. The number of carbonyl (C=O) groups is 2. The van der Waals surface area contributed by atoms with Gasteiger partial charge in [-0.2, -0.15) is 0 Å². The number of carbonyl (C=O) groups excluding carboxylic acids is 2. The van der Waals surface area contributed by atoms with Crippen LogP contribution in [0.5, 0.6) is 0 Å². The molecule has 5 heteroatoms. The zero-order valence-electron chi connectivity index (χ0n) is 35.5. The number of unbranched alkanes of at least 4 members (excludes halogenated alkanes) is 17. The van der Waals surface area contributed by atoms with E-state index in [0.717, 1.165) is 96.3 Å². The van der Waals surface area contributed by atoms with Crippen molar-refractivity contribution in [3.63, 3.8) is 0 Å². The first kappa shape index (κ1) is 51.3. The minimum Gasteiger partial charge on any atom is -0.462 e. The van der Waals surface area contributed by atoms with E-state index in [-0.39, 0.29) is 25.2 Å². The van der Waals surface area contributed by atoms with E-state index in [1.54, 1.807) is 0 Å². The number of allylic oxidation sites excluding steroid dienone is 12. The molecule has 0 aliphatic rings. The number of hydrogen-bond donors (Lipinski definition) is 0. The van der Waals surface area contributed by atoms with Crippen LogP contribution in [0.4, 0.5) is 0 Å². The molecular weight excluding hydrogens is 669 g/mol. The SMILES string of the molecule is CC/C=C\C/C=C\C/C=C\C/C=C\CCCCCCCOCC(COC(=O)CCCCCCC/C=C\C/C=C\CCC)OC(=O)CCCCCCCCC. The van der Waals surface area contributed by atoms with Gasteiger partial charge in [0.2, 0.25) is 0 Å². The van der Waals surface area contributed by atoms with Gasteiger partial charge in [-0.05, 0) is 83.5 Å². The molecule has 0 saturated carbocycles. The quantitative estimate of drug-likeness (QED) is 0.0354. The van der Waals surface area contributed by atoms with E-state index in [4.69, 9.17) is 14.2 Å². The van der Waals surface area contributed by atoms with Gasteiger partial charge in [-0.15, -0.1) is 0 Å². The second kappa shape index (κ2) is 44.7. The van der Waals surface area contributed by atoms with Gasteiger partial charge in [-0.1, -0.05) is 177 Å². The fourth-order valence-electron chi connectivity index (χ4n) is 5.89. The molecule has 0 aliphatic carbocycles. The summed E-state index contributed by atoms with van der Waals surface area (Å²) >= 11 is 0. The molecule has 1 atom stereocenters. The maximum absolute atomic E-state index is 12.6. The molecule has 0 spiro atoms. The van der Waals surface area contributed by atoms with Crippen LogP contribution in [0.25, 0.3) is 0 Å². The van der Waals surface area contributed by atoms with Crippen molar-refractivity contribution in [3.8, 4) is 0 Å². The Hall–Kier alpha value is -2.66. The summed E-state index contributed by atoms with van der Waals surface area (Å²) in [5.41, 5.74) is 0. The van der Waals surface area contributed by atoms with Crippen LogP contribution in [0.1, 0.15) is 201 Å². The van der Waals surface area contributed by atoms with Crippen molar-refractivity contribution in [2.24, 2.45) is 0 Å². The summed E-state index contributed by atoms with van der Waals surface area (Å²) in [7, 11) is 0. The molecule has 0 saturated heterocycles. The van der Waals surface area contributed by atoms with Crippen molar-refractivity contribution in [1.82, 2.24) is 0 Å². The van der Waals surface area contributed by atoms with Crippen LogP contribution in [-0.2, 0) is 23.8 Å². The standard InChI is InChI=1S/C49H84O5/c1-4-7-10-13-16-18-20-22-23-24-25-26-28-30-32-35-38-41-44-52-45-47(54-49(51)43-40-37-33-15-12-9-6-3)46-53-48(50)42-39-36-34-31-29-27-21-19-17-14-11-8-5-2/h7,10-11,14,16,18-19,21-23,25-26,47H,4-6,8-9,12-13,15,17,20,24,27-46H2,1-3H3/b10-7-,14-11-,18-16-,21-19-,23-22-,26-25-. The molecule has 0 aromatic carbocycles. The van der Waals surface area contributed by atoms with E-state index in [9.17, 15) is 9.59 Å². The summed E-state index contributed by atoms with van der Waals surface area (Å²) in [6.07, 6.45) is 56.2. The van der Waals surface area contributed by atoms with E-state index in [2.05, 4.69) is 93.7 Å². The van der Waals surface area contributed by atoms with Gasteiger partial charge in [0.15, 0.2) is 6.10 Å². The summed E-state index contributed by atoms with van der Waals surface area (Å²) in [4.78, 5) is 25.1. The third-order valence-electron chi connectivity index (χ3n) is 9.21. The van der Waals surface area contributed by atoms with E-state index < -0.39 is 6.10 Å². The van der Waals surface area contributed by atoms with E-state index in [1.807, 2.05) is 0 Å².